The fraction of sp³-hybridized carbons (Fsp3) is 0.0769. The number of nitrogens with one attached hydrogen (secondary N) is 1. The Morgan fingerprint density at radius 3 is 2.90 bits per heavy atom. The topological polar surface area (TPSA) is 68.0 Å². The van der Waals surface area contributed by atoms with Crippen LogP contribution in [0.4, 0.5) is 5.13 Å². The molecule has 2 heterocycles. The minimum absolute atomic E-state index is 0.0941. The lowest BCUT2D eigenvalue weighted by molar-refractivity contribution is 0.0951. The third kappa shape index (κ3) is 2.84. The molecule has 102 valence electrons. The molecule has 0 radical (unpaired) electrons. The van der Waals surface area contributed by atoms with Crippen molar-refractivity contribution in [2.75, 3.05) is 5.73 Å². The third-order valence-electron chi connectivity index (χ3n) is 2.72. The van der Waals surface area contributed by atoms with Gasteiger partial charge in [-0.1, -0.05) is 11.3 Å². The van der Waals surface area contributed by atoms with Crippen molar-refractivity contribution in [3.8, 4) is 0 Å². The third-order valence-corrected chi connectivity index (χ3v) is 5.19. The fourth-order valence-corrected chi connectivity index (χ4v) is 4.00. The summed E-state index contributed by atoms with van der Waals surface area (Å²) in [5.74, 6) is -0.0941. The fourth-order valence-electron chi connectivity index (χ4n) is 1.80. The lowest BCUT2D eigenvalue weighted by atomic mass is 10.2. The Balaban J connectivity index is 1.74. The standard InChI is InChI=1S/C13H10BrN3OS2/c14-11-4-2-8(19-11)6-16-12(18)7-1-3-9-10(5-7)20-13(15)17-9/h1-5H,6H2,(H2,15,17)(H,16,18). The Labute approximate surface area is 131 Å². The van der Waals surface area contributed by atoms with Gasteiger partial charge in [-0.25, -0.2) is 4.98 Å². The molecule has 1 amide bonds. The summed E-state index contributed by atoms with van der Waals surface area (Å²) in [6.07, 6.45) is 0. The second kappa shape index (κ2) is 5.51. The second-order valence-electron chi connectivity index (χ2n) is 4.12. The molecule has 0 saturated carbocycles. The number of thiophene rings is 1. The van der Waals surface area contributed by atoms with Crippen molar-refractivity contribution in [1.29, 1.82) is 0 Å². The second-order valence-corrected chi connectivity index (χ2v) is 7.73. The van der Waals surface area contributed by atoms with Gasteiger partial charge in [0.1, 0.15) is 0 Å². The van der Waals surface area contributed by atoms with Crippen LogP contribution < -0.4 is 11.1 Å². The van der Waals surface area contributed by atoms with Gasteiger partial charge in [0.05, 0.1) is 20.5 Å². The lowest BCUT2D eigenvalue weighted by Crippen LogP contribution is -2.22. The zero-order chi connectivity index (χ0) is 14.1. The molecule has 0 fully saturated rings. The van der Waals surface area contributed by atoms with E-state index in [0.717, 1.165) is 18.9 Å². The molecule has 0 aliphatic heterocycles. The first kappa shape index (κ1) is 13.5. The first-order valence-electron chi connectivity index (χ1n) is 5.80. The molecule has 3 aromatic rings. The largest absolute Gasteiger partial charge is 0.375 e. The van der Waals surface area contributed by atoms with E-state index in [2.05, 4.69) is 26.2 Å². The summed E-state index contributed by atoms with van der Waals surface area (Å²) < 4.78 is 1.98. The number of aromatic nitrogens is 1. The number of amides is 1. The maximum Gasteiger partial charge on any atom is 0.251 e. The van der Waals surface area contributed by atoms with E-state index in [-0.39, 0.29) is 5.91 Å². The van der Waals surface area contributed by atoms with Crippen molar-refractivity contribution >= 4 is 59.9 Å². The number of hydrogen-bond donors (Lipinski definition) is 2. The van der Waals surface area contributed by atoms with Crippen molar-refractivity contribution in [2.24, 2.45) is 0 Å². The van der Waals surface area contributed by atoms with E-state index in [0.29, 0.717) is 17.2 Å². The van der Waals surface area contributed by atoms with Crippen LogP contribution in [-0.2, 0) is 6.54 Å². The number of benzene rings is 1. The number of anilines is 1. The van der Waals surface area contributed by atoms with Crippen LogP contribution in [0.5, 0.6) is 0 Å². The number of nitrogens with two attached hydrogens (primary N) is 1. The molecule has 3 N–H and O–H groups in total. The van der Waals surface area contributed by atoms with E-state index in [1.165, 1.54) is 11.3 Å². The Bertz CT molecular complexity index is 781. The molecule has 2 aromatic heterocycles. The highest BCUT2D eigenvalue weighted by atomic mass is 79.9. The smallest absolute Gasteiger partial charge is 0.251 e. The van der Waals surface area contributed by atoms with Gasteiger partial charge in [-0.2, -0.15) is 0 Å². The van der Waals surface area contributed by atoms with Gasteiger partial charge in [-0.3, -0.25) is 4.79 Å². The van der Waals surface area contributed by atoms with Crippen LogP contribution in [0.25, 0.3) is 10.2 Å². The van der Waals surface area contributed by atoms with Crippen LogP contribution in [0, 0.1) is 0 Å². The molecule has 20 heavy (non-hydrogen) atoms. The van der Waals surface area contributed by atoms with Crippen LogP contribution in [0.1, 0.15) is 15.2 Å². The molecular formula is C13H10BrN3OS2. The Hall–Kier alpha value is -1.44. The highest BCUT2D eigenvalue weighted by Gasteiger charge is 2.09. The molecule has 0 spiro atoms. The molecule has 0 saturated heterocycles. The summed E-state index contributed by atoms with van der Waals surface area (Å²) in [4.78, 5) is 17.4. The molecule has 0 aliphatic carbocycles. The van der Waals surface area contributed by atoms with Crippen molar-refractivity contribution < 1.29 is 4.79 Å². The van der Waals surface area contributed by atoms with E-state index in [1.54, 1.807) is 17.4 Å². The molecule has 7 heteroatoms. The van der Waals surface area contributed by atoms with Crippen LogP contribution in [-0.4, -0.2) is 10.9 Å². The van der Waals surface area contributed by atoms with Crippen LogP contribution in [0.2, 0.25) is 0 Å². The predicted molar refractivity (Wildman–Crippen MR) is 87.2 cm³/mol. The number of thiazole rings is 1. The molecule has 0 bridgehead atoms. The summed E-state index contributed by atoms with van der Waals surface area (Å²) in [6, 6.07) is 9.36. The summed E-state index contributed by atoms with van der Waals surface area (Å²) in [6.45, 7) is 0.526. The van der Waals surface area contributed by atoms with E-state index in [9.17, 15) is 4.79 Å². The number of carbonyl (C=O) groups is 1. The van der Waals surface area contributed by atoms with Gasteiger partial charge in [0, 0.05) is 10.4 Å². The van der Waals surface area contributed by atoms with Gasteiger partial charge in [-0.15, -0.1) is 11.3 Å². The Kier molecular flexibility index (Phi) is 3.73. The molecule has 0 aliphatic rings. The number of fused-ring (bicyclic) bond motifs is 1. The van der Waals surface area contributed by atoms with E-state index in [1.807, 2.05) is 24.3 Å². The van der Waals surface area contributed by atoms with Crippen LogP contribution in [0.3, 0.4) is 0 Å². The average Bonchev–Trinajstić information content (AvgIpc) is 2.99. The monoisotopic (exact) mass is 367 g/mol. The molecule has 3 rings (SSSR count). The number of halogens is 1. The van der Waals surface area contributed by atoms with Crippen molar-refractivity contribution in [3.63, 3.8) is 0 Å². The first-order chi connectivity index (χ1) is 9.61. The summed E-state index contributed by atoms with van der Waals surface area (Å²) >= 11 is 6.39. The SMILES string of the molecule is Nc1nc2ccc(C(=O)NCc3ccc(Br)s3)cc2s1. The van der Waals surface area contributed by atoms with Gasteiger partial charge in [-0.05, 0) is 46.3 Å². The number of rotatable bonds is 3. The quantitative estimate of drug-likeness (QED) is 0.742. The minimum Gasteiger partial charge on any atom is -0.375 e. The molecule has 0 atom stereocenters. The zero-order valence-corrected chi connectivity index (χ0v) is 13.4. The summed E-state index contributed by atoms with van der Waals surface area (Å²) in [5, 5.41) is 3.42. The number of nitrogen functional groups attached to an aromatic ring is 1. The van der Waals surface area contributed by atoms with Crippen molar-refractivity contribution in [3.05, 3.63) is 44.6 Å². The number of nitrogens with zero attached hydrogens (tertiary/aromatic N) is 1. The number of hydrogen-bond acceptors (Lipinski definition) is 5. The van der Waals surface area contributed by atoms with Gasteiger partial charge in [0.25, 0.3) is 5.91 Å². The summed E-state index contributed by atoms with van der Waals surface area (Å²) in [5.41, 5.74) is 7.10. The highest BCUT2D eigenvalue weighted by Crippen LogP contribution is 2.25. The van der Waals surface area contributed by atoms with E-state index < -0.39 is 0 Å². The normalized spacial score (nSPS) is 10.8. The van der Waals surface area contributed by atoms with Crippen LogP contribution in [0.15, 0.2) is 34.1 Å². The molecular weight excluding hydrogens is 358 g/mol. The van der Waals surface area contributed by atoms with Crippen molar-refractivity contribution in [1.82, 2.24) is 10.3 Å². The van der Waals surface area contributed by atoms with Gasteiger partial charge < -0.3 is 11.1 Å². The Morgan fingerprint density at radius 2 is 2.15 bits per heavy atom. The molecule has 1 aromatic carbocycles. The predicted octanol–water partition coefficient (Wildman–Crippen LogP) is 3.63. The van der Waals surface area contributed by atoms with Crippen LogP contribution >= 0.6 is 38.6 Å². The van der Waals surface area contributed by atoms with E-state index >= 15 is 0 Å². The average molecular weight is 368 g/mol. The van der Waals surface area contributed by atoms with Gasteiger partial charge >= 0.3 is 0 Å². The van der Waals surface area contributed by atoms with Crippen molar-refractivity contribution in [2.45, 2.75) is 6.54 Å². The first-order valence-corrected chi connectivity index (χ1v) is 8.23. The summed E-state index contributed by atoms with van der Waals surface area (Å²) in [7, 11) is 0. The Morgan fingerprint density at radius 1 is 1.30 bits per heavy atom. The van der Waals surface area contributed by atoms with Gasteiger partial charge in [0.15, 0.2) is 5.13 Å². The zero-order valence-electron chi connectivity index (χ0n) is 10.2. The number of carbonyl (C=O) groups excluding carboxylic acids is 1. The van der Waals surface area contributed by atoms with E-state index in [4.69, 9.17) is 5.73 Å². The maximum atomic E-state index is 12.1. The maximum absolute atomic E-state index is 12.1. The highest BCUT2D eigenvalue weighted by molar-refractivity contribution is 9.11. The molecule has 4 nitrogen and oxygen atoms in total. The van der Waals surface area contributed by atoms with Gasteiger partial charge in [0.2, 0.25) is 0 Å². The molecule has 0 unspecified atom stereocenters. The minimum atomic E-state index is -0.0941. The lowest BCUT2D eigenvalue weighted by Gasteiger charge is -2.03.